The van der Waals surface area contributed by atoms with Crippen LogP contribution in [0.1, 0.15) is 30.6 Å². The van der Waals surface area contributed by atoms with Gasteiger partial charge in [-0.15, -0.1) is 0 Å². The topological polar surface area (TPSA) is 83.0 Å². The molecule has 2 aromatic rings. The summed E-state index contributed by atoms with van der Waals surface area (Å²) in [6, 6.07) is 1.77. The third kappa shape index (κ3) is 2.11. The second kappa shape index (κ2) is 4.25. The molecule has 0 radical (unpaired) electrons. The summed E-state index contributed by atoms with van der Waals surface area (Å²) in [6.07, 6.45) is 4.80. The first kappa shape index (κ1) is 12.3. The van der Waals surface area contributed by atoms with Crippen molar-refractivity contribution < 1.29 is 14.7 Å². The lowest BCUT2D eigenvalue weighted by Gasteiger charge is -2.17. The molecule has 2 rings (SSSR count). The molecule has 0 aliphatic carbocycles. The van der Waals surface area contributed by atoms with E-state index < -0.39 is 11.4 Å². The second-order valence-corrected chi connectivity index (χ2v) is 4.91. The first-order chi connectivity index (χ1) is 8.42. The van der Waals surface area contributed by atoms with Crippen LogP contribution in [-0.2, 0) is 4.79 Å². The lowest BCUT2D eigenvalue weighted by Crippen LogP contribution is -2.26. The number of aromatic amines is 1. The number of carbonyl (C=O) groups is 2. The molecule has 0 saturated heterocycles. The minimum atomic E-state index is -1.07. The Labute approximate surface area is 104 Å². The normalized spacial score (nSPS) is 11.7. The van der Waals surface area contributed by atoms with E-state index in [4.69, 9.17) is 5.11 Å². The highest BCUT2D eigenvalue weighted by Gasteiger charge is 2.31. The summed E-state index contributed by atoms with van der Waals surface area (Å²) in [5, 5.41) is 9.75. The van der Waals surface area contributed by atoms with Gasteiger partial charge < -0.3 is 10.1 Å². The minimum absolute atomic E-state index is 0.0375. The first-order valence-corrected chi connectivity index (χ1v) is 5.59. The quantitative estimate of drug-likeness (QED) is 0.810. The summed E-state index contributed by atoms with van der Waals surface area (Å²) in [5.41, 5.74) is 0.247. The molecule has 0 atom stereocenters. The molecule has 0 unspecified atom stereocenters. The van der Waals surface area contributed by atoms with Gasteiger partial charge in [0.1, 0.15) is 0 Å². The predicted octanol–water partition coefficient (Wildman–Crippen LogP) is 2.25. The SMILES string of the molecule is CC(C)(CC(=O)c1c[nH]c2ccncc12)C(=O)O. The number of aliphatic carboxylic acids is 1. The summed E-state index contributed by atoms with van der Waals surface area (Å²) in [5.74, 6) is -1.17. The van der Waals surface area contributed by atoms with Crippen LogP contribution in [0.4, 0.5) is 0 Å². The Kier molecular flexibility index (Phi) is 2.90. The third-order valence-corrected chi connectivity index (χ3v) is 2.97. The lowest BCUT2D eigenvalue weighted by atomic mass is 9.86. The van der Waals surface area contributed by atoms with Crippen molar-refractivity contribution in [2.75, 3.05) is 0 Å². The van der Waals surface area contributed by atoms with E-state index in [1.54, 1.807) is 38.5 Å². The highest BCUT2D eigenvalue weighted by molar-refractivity contribution is 6.08. The summed E-state index contributed by atoms with van der Waals surface area (Å²) < 4.78 is 0. The van der Waals surface area contributed by atoms with Gasteiger partial charge in [-0.25, -0.2) is 0 Å². The van der Waals surface area contributed by atoms with Crippen molar-refractivity contribution in [3.05, 3.63) is 30.2 Å². The first-order valence-electron chi connectivity index (χ1n) is 5.59. The van der Waals surface area contributed by atoms with Crippen molar-refractivity contribution in [3.8, 4) is 0 Å². The molecule has 2 aromatic heterocycles. The van der Waals surface area contributed by atoms with E-state index in [2.05, 4.69) is 9.97 Å². The van der Waals surface area contributed by atoms with E-state index >= 15 is 0 Å². The maximum Gasteiger partial charge on any atom is 0.309 e. The highest BCUT2D eigenvalue weighted by atomic mass is 16.4. The number of hydrogen-bond acceptors (Lipinski definition) is 3. The Bertz CT molecular complexity index is 613. The monoisotopic (exact) mass is 246 g/mol. The number of carboxylic acid groups (broad SMARTS) is 1. The van der Waals surface area contributed by atoms with E-state index in [0.717, 1.165) is 10.9 Å². The van der Waals surface area contributed by atoms with E-state index in [1.807, 2.05) is 0 Å². The largest absolute Gasteiger partial charge is 0.481 e. The highest BCUT2D eigenvalue weighted by Crippen LogP contribution is 2.26. The molecule has 0 aromatic carbocycles. The number of carbonyl (C=O) groups excluding carboxylic acids is 1. The number of pyridine rings is 1. The number of H-pyrrole nitrogens is 1. The van der Waals surface area contributed by atoms with Crippen LogP contribution in [0.25, 0.3) is 10.9 Å². The van der Waals surface area contributed by atoms with Gasteiger partial charge >= 0.3 is 5.97 Å². The van der Waals surface area contributed by atoms with Gasteiger partial charge in [-0.05, 0) is 19.9 Å². The molecule has 94 valence electrons. The van der Waals surface area contributed by atoms with Crippen LogP contribution in [0, 0.1) is 5.41 Å². The van der Waals surface area contributed by atoms with Crippen LogP contribution in [0.5, 0.6) is 0 Å². The maximum absolute atomic E-state index is 12.1. The average Bonchev–Trinajstić information content (AvgIpc) is 2.71. The van der Waals surface area contributed by atoms with Crippen LogP contribution in [0.15, 0.2) is 24.7 Å². The summed E-state index contributed by atoms with van der Waals surface area (Å²) in [4.78, 5) is 30.1. The molecular formula is C13H14N2O3. The van der Waals surface area contributed by atoms with E-state index in [0.29, 0.717) is 5.56 Å². The number of aromatic nitrogens is 2. The summed E-state index contributed by atoms with van der Waals surface area (Å²) in [7, 11) is 0. The van der Waals surface area contributed by atoms with Crippen LogP contribution >= 0.6 is 0 Å². The van der Waals surface area contributed by atoms with Crippen molar-refractivity contribution in [2.24, 2.45) is 5.41 Å². The number of rotatable bonds is 4. The van der Waals surface area contributed by atoms with Crippen molar-refractivity contribution >= 4 is 22.7 Å². The number of carboxylic acids is 1. The average molecular weight is 246 g/mol. The van der Waals surface area contributed by atoms with Gasteiger partial charge in [0.15, 0.2) is 5.78 Å². The fourth-order valence-electron chi connectivity index (χ4n) is 1.77. The van der Waals surface area contributed by atoms with Crippen LogP contribution in [-0.4, -0.2) is 26.8 Å². The Hall–Kier alpha value is -2.17. The second-order valence-electron chi connectivity index (χ2n) is 4.91. The molecule has 5 nitrogen and oxygen atoms in total. The molecule has 5 heteroatoms. The van der Waals surface area contributed by atoms with Gasteiger partial charge in [-0.1, -0.05) is 0 Å². The predicted molar refractivity (Wildman–Crippen MR) is 66.5 cm³/mol. The maximum atomic E-state index is 12.1. The molecule has 18 heavy (non-hydrogen) atoms. The van der Waals surface area contributed by atoms with Gasteiger partial charge in [0.25, 0.3) is 0 Å². The number of nitrogens with one attached hydrogen (secondary N) is 1. The van der Waals surface area contributed by atoms with Gasteiger partial charge in [0.05, 0.1) is 5.41 Å². The number of fused-ring (bicyclic) bond motifs is 1. The van der Waals surface area contributed by atoms with Gasteiger partial charge in [-0.2, -0.15) is 0 Å². The Balaban J connectivity index is 2.32. The molecule has 0 aliphatic rings. The molecular weight excluding hydrogens is 232 g/mol. The molecule has 0 saturated carbocycles. The molecule has 0 fully saturated rings. The smallest absolute Gasteiger partial charge is 0.309 e. The molecule has 2 heterocycles. The molecule has 0 spiro atoms. The van der Waals surface area contributed by atoms with Gasteiger partial charge in [-0.3, -0.25) is 14.6 Å². The zero-order chi connectivity index (χ0) is 13.3. The fourth-order valence-corrected chi connectivity index (χ4v) is 1.77. The Morgan fingerprint density at radius 2 is 2.17 bits per heavy atom. The van der Waals surface area contributed by atoms with Crippen LogP contribution < -0.4 is 0 Å². The lowest BCUT2D eigenvalue weighted by molar-refractivity contribution is -0.146. The van der Waals surface area contributed by atoms with Gasteiger partial charge in [0.2, 0.25) is 0 Å². The fraction of sp³-hybridized carbons (Fsp3) is 0.308. The number of ketones is 1. The van der Waals surface area contributed by atoms with Crippen molar-refractivity contribution in [1.82, 2.24) is 9.97 Å². The zero-order valence-corrected chi connectivity index (χ0v) is 10.2. The Morgan fingerprint density at radius 3 is 2.83 bits per heavy atom. The molecule has 0 bridgehead atoms. The summed E-state index contributed by atoms with van der Waals surface area (Å²) >= 11 is 0. The molecule has 0 aliphatic heterocycles. The van der Waals surface area contributed by atoms with Crippen LogP contribution in [0.2, 0.25) is 0 Å². The van der Waals surface area contributed by atoms with Crippen molar-refractivity contribution in [1.29, 1.82) is 0 Å². The van der Waals surface area contributed by atoms with Crippen molar-refractivity contribution in [2.45, 2.75) is 20.3 Å². The number of Topliss-reactive ketones (excluding diaryl/α,β-unsaturated/α-hetero) is 1. The number of hydrogen-bond donors (Lipinski definition) is 2. The zero-order valence-electron chi connectivity index (χ0n) is 10.2. The molecule has 0 amide bonds. The van der Waals surface area contributed by atoms with Crippen molar-refractivity contribution in [3.63, 3.8) is 0 Å². The number of nitrogens with zero attached hydrogens (tertiary/aromatic N) is 1. The Morgan fingerprint density at radius 1 is 1.44 bits per heavy atom. The molecule has 2 N–H and O–H groups in total. The van der Waals surface area contributed by atoms with E-state index in [1.165, 1.54) is 0 Å². The minimum Gasteiger partial charge on any atom is -0.481 e. The third-order valence-electron chi connectivity index (χ3n) is 2.97. The standard InChI is InChI=1S/C13H14N2O3/c1-13(2,12(17)18)5-11(16)9-7-15-10-3-4-14-6-8(9)10/h3-4,6-7,15H,5H2,1-2H3,(H,17,18). The summed E-state index contributed by atoms with van der Waals surface area (Å²) in [6.45, 7) is 3.08. The van der Waals surface area contributed by atoms with Crippen LogP contribution in [0.3, 0.4) is 0 Å². The van der Waals surface area contributed by atoms with E-state index in [9.17, 15) is 9.59 Å². The van der Waals surface area contributed by atoms with Gasteiger partial charge in [0, 0.05) is 41.5 Å². The van der Waals surface area contributed by atoms with E-state index in [-0.39, 0.29) is 12.2 Å².